The molecule has 0 bridgehead atoms. The van der Waals surface area contributed by atoms with Gasteiger partial charge in [0.15, 0.2) is 10.9 Å². The van der Waals surface area contributed by atoms with Crippen molar-refractivity contribution in [3.63, 3.8) is 0 Å². The lowest BCUT2D eigenvalue weighted by molar-refractivity contribution is -0.141. The average molecular weight is 569 g/mol. The molecule has 2 heterocycles. The molecule has 0 atom stereocenters. The Morgan fingerprint density at radius 2 is 1.97 bits per heavy atom. The Labute approximate surface area is 188 Å². The van der Waals surface area contributed by atoms with Gasteiger partial charge in [0.1, 0.15) is 17.2 Å². The zero-order valence-corrected chi connectivity index (χ0v) is 18.8. The summed E-state index contributed by atoms with van der Waals surface area (Å²) in [4.78, 5) is 19.7. The van der Waals surface area contributed by atoms with Crippen LogP contribution in [0.3, 0.4) is 0 Å². The summed E-state index contributed by atoms with van der Waals surface area (Å²) in [6.07, 6.45) is -3.44. The first-order valence-electron chi connectivity index (χ1n) is 8.21. The van der Waals surface area contributed by atoms with Crippen molar-refractivity contribution in [1.29, 1.82) is 0 Å². The number of benzene rings is 1. The molecular weight excluding hydrogens is 558 g/mol. The molecule has 1 amide bonds. The summed E-state index contributed by atoms with van der Waals surface area (Å²) in [6.45, 7) is 0. The summed E-state index contributed by atoms with van der Waals surface area (Å²) >= 11 is 7.17. The number of alkyl halides is 3. The van der Waals surface area contributed by atoms with E-state index in [1.165, 1.54) is 24.5 Å². The largest absolute Gasteiger partial charge is 0.463 e. The van der Waals surface area contributed by atoms with Crippen molar-refractivity contribution >= 4 is 55.2 Å². The molecule has 0 radical (unpaired) electrons. The Bertz CT molecular complexity index is 1040. The molecule has 12 heteroatoms. The summed E-state index contributed by atoms with van der Waals surface area (Å²) in [5.74, 6) is -0.900. The molecule has 0 saturated carbocycles. The first kappa shape index (κ1) is 22.8. The fourth-order valence-electron chi connectivity index (χ4n) is 2.28. The summed E-state index contributed by atoms with van der Waals surface area (Å²) in [6, 6.07) is 6.57. The van der Waals surface area contributed by atoms with Crippen LogP contribution in [0.25, 0.3) is 11.5 Å². The lowest BCUT2D eigenvalue weighted by Crippen LogP contribution is -2.14. The van der Waals surface area contributed by atoms with Crippen molar-refractivity contribution in [2.24, 2.45) is 0 Å². The van der Waals surface area contributed by atoms with Gasteiger partial charge in [0, 0.05) is 21.1 Å². The minimum absolute atomic E-state index is 0.0184. The maximum Gasteiger partial charge on any atom is 0.433 e. The van der Waals surface area contributed by atoms with E-state index in [-0.39, 0.29) is 34.5 Å². The molecule has 0 aliphatic rings. The van der Waals surface area contributed by atoms with Crippen LogP contribution >= 0.6 is 43.6 Å². The molecule has 0 saturated heterocycles. The predicted octanol–water partition coefficient (Wildman–Crippen LogP) is 6.54. The Morgan fingerprint density at radius 1 is 1.20 bits per heavy atom. The van der Waals surface area contributed by atoms with Gasteiger partial charge in [0.2, 0.25) is 5.91 Å². The number of halogens is 6. The lowest BCUT2D eigenvalue weighted by atomic mass is 10.2. The molecule has 0 spiro atoms. The number of anilines is 1. The Hall–Kier alpha value is -1.92. The summed E-state index contributed by atoms with van der Waals surface area (Å²) in [5, 5.41) is 2.28. The normalized spacial score (nSPS) is 11.5. The number of carbonyl (C=O) groups excluding carboxylic acids is 1. The third kappa shape index (κ3) is 5.82. The SMILES string of the molecule is O=C(CCSc1nc(-c2ccco2)cc(C(F)(F)F)n1)Nc1c(F)cc(Br)cc1Br. The second-order valence-electron chi connectivity index (χ2n) is 5.79. The molecule has 0 fully saturated rings. The molecule has 30 heavy (non-hydrogen) atoms. The number of hydrogen-bond acceptors (Lipinski definition) is 5. The molecule has 3 aromatic rings. The highest BCUT2D eigenvalue weighted by Crippen LogP contribution is 2.33. The number of rotatable bonds is 6. The van der Waals surface area contributed by atoms with E-state index in [2.05, 4.69) is 47.1 Å². The number of hydrogen-bond donors (Lipinski definition) is 1. The van der Waals surface area contributed by atoms with Crippen LogP contribution in [0.5, 0.6) is 0 Å². The van der Waals surface area contributed by atoms with E-state index in [9.17, 15) is 22.4 Å². The molecule has 1 N–H and O–H groups in total. The van der Waals surface area contributed by atoms with Gasteiger partial charge in [-0.3, -0.25) is 4.79 Å². The summed E-state index contributed by atoms with van der Waals surface area (Å²) in [7, 11) is 0. The third-order valence-corrected chi connectivity index (χ3v) is 5.53. The lowest BCUT2D eigenvalue weighted by Gasteiger charge is -2.10. The number of nitrogens with zero attached hydrogens (tertiary/aromatic N) is 2. The first-order chi connectivity index (χ1) is 14.1. The Morgan fingerprint density at radius 3 is 2.60 bits per heavy atom. The van der Waals surface area contributed by atoms with Crippen molar-refractivity contribution in [3.8, 4) is 11.5 Å². The summed E-state index contributed by atoms with van der Waals surface area (Å²) < 4.78 is 59.4. The van der Waals surface area contributed by atoms with Crippen LogP contribution in [0.2, 0.25) is 0 Å². The highest BCUT2D eigenvalue weighted by atomic mass is 79.9. The first-order valence-corrected chi connectivity index (χ1v) is 10.8. The molecule has 0 unspecified atom stereocenters. The van der Waals surface area contributed by atoms with Crippen LogP contribution in [0.1, 0.15) is 12.1 Å². The number of amides is 1. The van der Waals surface area contributed by atoms with Gasteiger partial charge in [-0.2, -0.15) is 13.2 Å². The van der Waals surface area contributed by atoms with Crippen LogP contribution < -0.4 is 5.32 Å². The second kappa shape index (κ2) is 9.48. The van der Waals surface area contributed by atoms with Crippen molar-refractivity contribution in [1.82, 2.24) is 9.97 Å². The third-order valence-electron chi connectivity index (χ3n) is 3.60. The van der Waals surface area contributed by atoms with Gasteiger partial charge >= 0.3 is 6.18 Å². The number of aromatic nitrogens is 2. The minimum atomic E-state index is -4.66. The van der Waals surface area contributed by atoms with Crippen molar-refractivity contribution in [2.45, 2.75) is 17.8 Å². The number of thioether (sulfide) groups is 1. The van der Waals surface area contributed by atoms with E-state index in [4.69, 9.17) is 4.42 Å². The average Bonchev–Trinajstić information content (AvgIpc) is 3.18. The van der Waals surface area contributed by atoms with Gasteiger partial charge in [-0.1, -0.05) is 27.7 Å². The van der Waals surface area contributed by atoms with Crippen LogP contribution in [0.15, 0.2) is 55.1 Å². The maximum absolute atomic E-state index is 14.0. The van der Waals surface area contributed by atoms with E-state index in [0.29, 0.717) is 8.95 Å². The van der Waals surface area contributed by atoms with E-state index < -0.39 is 23.6 Å². The standard InChI is InChI=1S/C18H11Br2F4N3O2S/c19-9-6-10(20)16(11(21)7-9)27-15(28)3-5-30-17-25-12(13-2-1-4-29-13)8-14(26-17)18(22,23)24/h1-2,4,6-8H,3,5H2,(H,27,28). The van der Waals surface area contributed by atoms with Crippen LogP contribution in [0, 0.1) is 5.82 Å². The molecule has 158 valence electrons. The van der Waals surface area contributed by atoms with Gasteiger partial charge in [-0.25, -0.2) is 14.4 Å². The molecule has 0 aliphatic heterocycles. The molecule has 2 aromatic heterocycles. The Kier molecular flexibility index (Phi) is 7.19. The highest BCUT2D eigenvalue weighted by molar-refractivity contribution is 9.11. The minimum Gasteiger partial charge on any atom is -0.463 e. The number of furan rings is 1. The van der Waals surface area contributed by atoms with E-state index in [1.807, 2.05) is 0 Å². The van der Waals surface area contributed by atoms with Gasteiger partial charge < -0.3 is 9.73 Å². The molecule has 3 rings (SSSR count). The molecule has 0 aliphatic carbocycles. The number of nitrogens with one attached hydrogen (secondary N) is 1. The van der Waals surface area contributed by atoms with Gasteiger partial charge in [-0.05, 0) is 46.3 Å². The maximum atomic E-state index is 14.0. The van der Waals surface area contributed by atoms with Gasteiger partial charge in [-0.15, -0.1) is 0 Å². The predicted molar refractivity (Wildman–Crippen MR) is 111 cm³/mol. The second-order valence-corrected chi connectivity index (χ2v) is 8.62. The van der Waals surface area contributed by atoms with E-state index in [0.717, 1.165) is 17.8 Å². The topological polar surface area (TPSA) is 68.0 Å². The van der Waals surface area contributed by atoms with Gasteiger partial charge in [0.05, 0.1) is 12.0 Å². The van der Waals surface area contributed by atoms with Crippen LogP contribution in [-0.2, 0) is 11.0 Å². The molecule has 5 nitrogen and oxygen atoms in total. The fourth-order valence-corrected chi connectivity index (χ4v) is 4.35. The zero-order valence-electron chi connectivity index (χ0n) is 14.8. The summed E-state index contributed by atoms with van der Waals surface area (Å²) in [5.41, 5.74) is -1.16. The smallest absolute Gasteiger partial charge is 0.433 e. The van der Waals surface area contributed by atoms with Crippen molar-refractivity contribution < 1.29 is 26.8 Å². The number of carbonyl (C=O) groups is 1. The highest BCUT2D eigenvalue weighted by Gasteiger charge is 2.34. The molecular formula is C18H11Br2F4N3O2S. The van der Waals surface area contributed by atoms with Crippen LogP contribution in [-0.4, -0.2) is 21.6 Å². The monoisotopic (exact) mass is 567 g/mol. The van der Waals surface area contributed by atoms with Gasteiger partial charge in [0.25, 0.3) is 0 Å². The Balaban J connectivity index is 1.68. The van der Waals surface area contributed by atoms with E-state index >= 15 is 0 Å². The zero-order chi connectivity index (χ0) is 21.9. The molecule has 1 aromatic carbocycles. The quantitative estimate of drug-likeness (QED) is 0.208. The van der Waals surface area contributed by atoms with Crippen LogP contribution in [0.4, 0.5) is 23.2 Å². The van der Waals surface area contributed by atoms with Crippen molar-refractivity contribution in [2.75, 3.05) is 11.1 Å². The van der Waals surface area contributed by atoms with Crippen molar-refractivity contribution in [3.05, 3.63) is 57.1 Å². The fraction of sp³-hybridized carbons (Fsp3) is 0.167. The van der Waals surface area contributed by atoms with E-state index in [1.54, 1.807) is 6.07 Å².